The largest absolute Gasteiger partial charge is 0.490 e. The fourth-order valence-electron chi connectivity index (χ4n) is 3.16. The number of nitrogens with zero attached hydrogens (tertiary/aromatic N) is 2. The molecule has 1 amide bonds. The lowest BCUT2D eigenvalue weighted by Crippen LogP contribution is -2.15. The number of benzene rings is 3. The first-order valence-corrected chi connectivity index (χ1v) is 12.6. The molecule has 0 aliphatic carbocycles. The van der Waals surface area contributed by atoms with Crippen LogP contribution in [0.2, 0.25) is 0 Å². The molecule has 0 saturated carbocycles. The maximum atomic E-state index is 12.6. The van der Waals surface area contributed by atoms with Crippen molar-refractivity contribution in [2.45, 2.75) is 4.90 Å². The lowest BCUT2D eigenvalue weighted by Gasteiger charge is -2.10. The molecule has 11 heteroatoms. The van der Waals surface area contributed by atoms with Gasteiger partial charge in [0.15, 0.2) is 0 Å². The molecule has 0 unspecified atom stereocenters. The van der Waals surface area contributed by atoms with Gasteiger partial charge in [-0.25, -0.2) is 18.4 Å². The standard InChI is InChI=1S/C26H24N4O6S/c1-34-25-17-24(27-18-28-25)30-37(32,33)23-13-9-20(10-14-23)29-26(31)19-7-11-22(12-8-19)36-16-15-35-21-5-3-2-4-6-21/h2-14,17-18H,15-16H2,1H3,(H,29,31)(H,27,28,30). The molecule has 3 aromatic carbocycles. The summed E-state index contributed by atoms with van der Waals surface area (Å²) in [5.41, 5.74) is 0.856. The lowest BCUT2D eigenvalue weighted by atomic mass is 10.2. The van der Waals surface area contributed by atoms with Gasteiger partial charge in [0.2, 0.25) is 5.88 Å². The van der Waals surface area contributed by atoms with Crippen molar-refractivity contribution in [3.05, 3.63) is 96.8 Å². The molecule has 2 N–H and O–H groups in total. The Hall–Kier alpha value is -4.64. The third-order valence-corrected chi connectivity index (χ3v) is 6.36. The van der Waals surface area contributed by atoms with Crippen molar-refractivity contribution < 1.29 is 27.4 Å². The van der Waals surface area contributed by atoms with Crippen molar-refractivity contribution in [1.82, 2.24) is 9.97 Å². The van der Waals surface area contributed by atoms with Gasteiger partial charge in [0.05, 0.1) is 12.0 Å². The van der Waals surface area contributed by atoms with E-state index in [1.165, 1.54) is 43.8 Å². The molecule has 4 aromatic rings. The number of hydrogen-bond donors (Lipinski definition) is 2. The second kappa shape index (κ2) is 11.9. The molecule has 0 bridgehead atoms. The van der Waals surface area contributed by atoms with E-state index in [0.29, 0.717) is 30.2 Å². The number of rotatable bonds is 11. The van der Waals surface area contributed by atoms with E-state index in [2.05, 4.69) is 20.0 Å². The van der Waals surface area contributed by atoms with E-state index in [1.807, 2.05) is 30.3 Å². The first kappa shape index (κ1) is 25.5. The second-order valence-corrected chi connectivity index (χ2v) is 9.25. The number of methoxy groups -OCH3 is 1. The van der Waals surface area contributed by atoms with Gasteiger partial charge in [0.1, 0.15) is 36.9 Å². The molecule has 0 atom stereocenters. The van der Waals surface area contributed by atoms with Crippen LogP contribution in [0.3, 0.4) is 0 Å². The van der Waals surface area contributed by atoms with E-state index < -0.39 is 10.0 Å². The van der Waals surface area contributed by atoms with Crippen LogP contribution < -0.4 is 24.2 Å². The zero-order valence-corrected chi connectivity index (χ0v) is 20.6. The Kier molecular flexibility index (Phi) is 8.16. The predicted octanol–water partition coefficient (Wildman–Crippen LogP) is 4.00. The molecule has 10 nitrogen and oxygen atoms in total. The first-order chi connectivity index (χ1) is 17.9. The van der Waals surface area contributed by atoms with Crippen molar-refractivity contribution >= 4 is 27.4 Å². The number of carbonyl (C=O) groups excluding carboxylic acids is 1. The SMILES string of the molecule is COc1cc(NS(=O)(=O)c2ccc(NC(=O)c3ccc(OCCOc4ccccc4)cc3)cc2)ncn1. The number of hydrogen-bond acceptors (Lipinski definition) is 8. The monoisotopic (exact) mass is 520 g/mol. The summed E-state index contributed by atoms with van der Waals surface area (Å²) in [5, 5.41) is 2.74. The Morgan fingerprint density at radius 2 is 1.49 bits per heavy atom. The molecule has 0 radical (unpaired) electrons. The van der Waals surface area contributed by atoms with Crippen LogP contribution in [-0.4, -0.2) is 44.6 Å². The minimum Gasteiger partial charge on any atom is -0.490 e. The molecule has 1 heterocycles. The average molecular weight is 521 g/mol. The highest BCUT2D eigenvalue weighted by molar-refractivity contribution is 7.92. The first-order valence-electron chi connectivity index (χ1n) is 11.1. The number of ether oxygens (including phenoxy) is 3. The average Bonchev–Trinajstić information content (AvgIpc) is 2.92. The van der Waals surface area contributed by atoms with Crippen LogP contribution in [0.5, 0.6) is 17.4 Å². The van der Waals surface area contributed by atoms with Crippen LogP contribution in [0.4, 0.5) is 11.5 Å². The van der Waals surface area contributed by atoms with Crippen molar-refractivity contribution in [2.24, 2.45) is 0 Å². The van der Waals surface area contributed by atoms with E-state index in [0.717, 1.165) is 5.75 Å². The highest BCUT2D eigenvalue weighted by Gasteiger charge is 2.16. The van der Waals surface area contributed by atoms with Gasteiger partial charge in [-0.3, -0.25) is 9.52 Å². The second-order valence-electron chi connectivity index (χ2n) is 7.56. The highest BCUT2D eigenvalue weighted by Crippen LogP contribution is 2.20. The van der Waals surface area contributed by atoms with Gasteiger partial charge in [0, 0.05) is 17.3 Å². The van der Waals surface area contributed by atoms with E-state index in [9.17, 15) is 13.2 Å². The fourth-order valence-corrected chi connectivity index (χ4v) is 4.16. The summed E-state index contributed by atoms with van der Waals surface area (Å²) >= 11 is 0. The van der Waals surface area contributed by atoms with E-state index in [4.69, 9.17) is 14.2 Å². The topological polar surface area (TPSA) is 129 Å². The normalized spacial score (nSPS) is 10.8. The van der Waals surface area contributed by atoms with Gasteiger partial charge in [-0.05, 0) is 60.7 Å². The minimum atomic E-state index is -3.90. The Balaban J connectivity index is 1.29. The Morgan fingerprint density at radius 1 is 0.838 bits per heavy atom. The van der Waals surface area contributed by atoms with Gasteiger partial charge >= 0.3 is 0 Å². The Bertz CT molecular complexity index is 1430. The number of sulfonamides is 1. The van der Waals surface area contributed by atoms with Crippen LogP contribution in [0, 0.1) is 0 Å². The quantitative estimate of drug-likeness (QED) is 0.284. The molecular formula is C26H24N4O6S. The summed E-state index contributed by atoms with van der Waals surface area (Å²) in [7, 11) is -2.48. The predicted molar refractivity (Wildman–Crippen MR) is 138 cm³/mol. The molecule has 0 spiro atoms. The number of anilines is 2. The maximum Gasteiger partial charge on any atom is 0.263 e. The number of nitrogens with one attached hydrogen (secondary N) is 2. The van der Waals surface area contributed by atoms with Crippen molar-refractivity contribution in [2.75, 3.05) is 30.4 Å². The van der Waals surface area contributed by atoms with Crippen LogP contribution in [0.25, 0.3) is 0 Å². The number of aromatic nitrogens is 2. The van der Waals surface area contributed by atoms with Crippen LogP contribution >= 0.6 is 0 Å². The third-order valence-electron chi connectivity index (χ3n) is 4.99. The molecule has 0 fully saturated rings. The molecule has 0 saturated heterocycles. The minimum absolute atomic E-state index is 0.000763. The summed E-state index contributed by atoms with van der Waals surface area (Å²) in [6, 6.07) is 23.2. The molecule has 190 valence electrons. The van der Waals surface area contributed by atoms with Crippen molar-refractivity contribution in [3.8, 4) is 17.4 Å². The zero-order chi connectivity index (χ0) is 26.1. The summed E-state index contributed by atoms with van der Waals surface area (Å²) in [5.74, 6) is 1.33. The Morgan fingerprint density at radius 3 is 2.14 bits per heavy atom. The molecule has 37 heavy (non-hydrogen) atoms. The zero-order valence-electron chi connectivity index (χ0n) is 19.8. The van der Waals surface area contributed by atoms with Gasteiger partial charge < -0.3 is 19.5 Å². The summed E-state index contributed by atoms with van der Waals surface area (Å²) in [6.45, 7) is 0.746. The fraction of sp³-hybridized carbons (Fsp3) is 0.115. The van der Waals surface area contributed by atoms with E-state index in [1.54, 1.807) is 24.3 Å². The molecular weight excluding hydrogens is 496 g/mol. The van der Waals surface area contributed by atoms with Gasteiger partial charge in [-0.15, -0.1) is 0 Å². The van der Waals surface area contributed by atoms with Gasteiger partial charge in [0.25, 0.3) is 15.9 Å². The Labute approximate surface area is 214 Å². The summed E-state index contributed by atoms with van der Waals surface area (Å²) in [6.07, 6.45) is 1.19. The number of amides is 1. The smallest absolute Gasteiger partial charge is 0.263 e. The van der Waals surface area contributed by atoms with Gasteiger partial charge in [-0.1, -0.05) is 18.2 Å². The number of carbonyl (C=O) groups is 1. The van der Waals surface area contributed by atoms with E-state index >= 15 is 0 Å². The molecule has 1 aromatic heterocycles. The summed E-state index contributed by atoms with van der Waals surface area (Å²) in [4.78, 5) is 20.3. The third kappa shape index (κ3) is 7.18. The molecule has 0 aliphatic heterocycles. The van der Waals surface area contributed by atoms with Crippen LogP contribution in [0.1, 0.15) is 10.4 Å². The highest BCUT2D eigenvalue weighted by atomic mass is 32.2. The van der Waals surface area contributed by atoms with Crippen molar-refractivity contribution in [3.63, 3.8) is 0 Å². The summed E-state index contributed by atoms with van der Waals surface area (Å²) < 4.78 is 43.8. The van der Waals surface area contributed by atoms with Crippen molar-refractivity contribution in [1.29, 1.82) is 0 Å². The number of para-hydroxylation sites is 1. The van der Waals surface area contributed by atoms with Crippen LogP contribution in [0.15, 0.2) is 96.2 Å². The molecule has 4 rings (SSSR count). The maximum absolute atomic E-state index is 12.6. The lowest BCUT2D eigenvalue weighted by molar-refractivity contribution is 0.102. The van der Waals surface area contributed by atoms with E-state index in [-0.39, 0.29) is 22.5 Å². The molecule has 0 aliphatic rings. The van der Waals surface area contributed by atoms with Gasteiger partial charge in [-0.2, -0.15) is 0 Å². The van der Waals surface area contributed by atoms with Crippen LogP contribution in [-0.2, 0) is 10.0 Å².